The van der Waals surface area contributed by atoms with Crippen molar-refractivity contribution in [3.05, 3.63) is 48.3 Å². The lowest BCUT2D eigenvalue weighted by Gasteiger charge is -2.28. The molecule has 1 aromatic carbocycles. The molecule has 104 valence electrons. The van der Waals surface area contributed by atoms with Gasteiger partial charge in [-0.3, -0.25) is 0 Å². The zero-order valence-electron chi connectivity index (χ0n) is 11.7. The van der Waals surface area contributed by atoms with Crippen molar-refractivity contribution < 1.29 is 18.7 Å². The fourth-order valence-electron chi connectivity index (χ4n) is 1.46. The number of hydrogen-bond acceptors (Lipinski definition) is 3. The molecule has 1 aromatic rings. The third-order valence-electron chi connectivity index (χ3n) is 2.47. The maximum Gasteiger partial charge on any atom is 0.510 e. The summed E-state index contributed by atoms with van der Waals surface area (Å²) < 4.78 is 23.6. The van der Waals surface area contributed by atoms with E-state index in [4.69, 9.17) is 9.47 Å². The summed E-state index contributed by atoms with van der Waals surface area (Å²) in [6, 6.07) is 5.83. The fraction of sp³-hybridized carbons (Fsp3) is 0.400. The highest BCUT2D eigenvalue weighted by atomic mass is 19.1. The van der Waals surface area contributed by atoms with E-state index < -0.39 is 23.2 Å². The molecule has 0 radical (unpaired) electrons. The molecule has 1 rings (SSSR count). The lowest BCUT2D eigenvalue weighted by molar-refractivity contribution is -0.0454. The van der Waals surface area contributed by atoms with Gasteiger partial charge in [0.2, 0.25) is 0 Å². The van der Waals surface area contributed by atoms with Crippen LogP contribution in [0.15, 0.2) is 36.9 Å². The maximum atomic E-state index is 13.2. The van der Waals surface area contributed by atoms with Crippen LogP contribution in [-0.2, 0) is 15.1 Å². The van der Waals surface area contributed by atoms with Gasteiger partial charge >= 0.3 is 6.16 Å². The van der Waals surface area contributed by atoms with E-state index in [9.17, 15) is 9.18 Å². The molecule has 19 heavy (non-hydrogen) atoms. The number of halogens is 1. The normalized spacial score (nSPS) is 14.4. The number of rotatable bonds is 3. The predicted molar refractivity (Wildman–Crippen MR) is 71.3 cm³/mol. The van der Waals surface area contributed by atoms with Crippen molar-refractivity contribution in [3.63, 3.8) is 0 Å². The van der Waals surface area contributed by atoms with E-state index in [1.54, 1.807) is 39.8 Å². The van der Waals surface area contributed by atoms with Crippen molar-refractivity contribution in [2.45, 2.75) is 38.9 Å². The molecule has 1 unspecified atom stereocenters. The first-order valence-electron chi connectivity index (χ1n) is 5.98. The Labute approximate surface area is 113 Å². The summed E-state index contributed by atoms with van der Waals surface area (Å²) in [6.07, 6.45) is 0.616. The third kappa shape index (κ3) is 4.39. The van der Waals surface area contributed by atoms with Gasteiger partial charge in [0.15, 0.2) is 5.60 Å². The van der Waals surface area contributed by atoms with Crippen LogP contribution in [0.2, 0.25) is 0 Å². The monoisotopic (exact) mass is 266 g/mol. The molecule has 1 atom stereocenters. The Kier molecular flexibility index (Phi) is 4.35. The average molecular weight is 266 g/mol. The number of hydrogen-bond donors (Lipinski definition) is 0. The molecule has 0 saturated carbocycles. The van der Waals surface area contributed by atoms with Crippen molar-refractivity contribution in [2.24, 2.45) is 0 Å². The first-order valence-corrected chi connectivity index (χ1v) is 5.98. The van der Waals surface area contributed by atoms with Crippen LogP contribution in [0.5, 0.6) is 0 Å². The second kappa shape index (κ2) is 5.43. The Morgan fingerprint density at radius 1 is 1.26 bits per heavy atom. The van der Waals surface area contributed by atoms with Crippen LogP contribution in [0.3, 0.4) is 0 Å². The largest absolute Gasteiger partial charge is 0.510 e. The van der Waals surface area contributed by atoms with Gasteiger partial charge in [-0.1, -0.05) is 18.7 Å². The SMILES string of the molecule is C=CC(C)(OC(=O)OC(C)(C)C)c1cccc(F)c1. The Hall–Kier alpha value is -1.84. The molecule has 0 bridgehead atoms. The van der Waals surface area contributed by atoms with Crippen molar-refractivity contribution in [1.29, 1.82) is 0 Å². The topological polar surface area (TPSA) is 35.5 Å². The Bertz CT molecular complexity index is 477. The van der Waals surface area contributed by atoms with Gasteiger partial charge in [-0.25, -0.2) is 9.18 Å². The van der Waals surface area contributed by atoms with E-state index in [0.717, 1.165) is 0 Å². The minimum atomic E-state index is -1.13. The van der Waals surface area contributed by atoms with Gasteiger partial charge in [0, 0.05) is 5.56 Å². The summed E-state index contributed by atoms with van der Waals surface area (Å²) >= 11 is 0. The molecule has 3 nitrogen and oxygen atoms in total. The molecule has 0 aliphatic heterocycles. The highest BCUT2D eigenvalue weighted by Gasteiger charge is 2.30. The number of carbonyl (C=O) groups is 1. The van der Waals surface area contributed by atoms with E-state index in [1.165, 1.54) is 18.2 Å². The van der Waals surface area contributed by atoms with E-state index in [2.05, 4.69) is 6.58 Å². The van der Waals surface area contributed by atoms with Gasteiger partial charge in [-0.05, 0) is 45.9 Å². The number of benzene rings is 1. The quantitative estimate of drug-likeness (QED) is 0.608. The zero-order valence-corrected chi connectivity index (χ0v) is 11.7. The summed E-state index contributed by atoms with van der Waals surface area (Å²) in [5.41, 5.74) is -1.29. The highest BCUT2D eigenvalue weighted by Crippen LogP contribution is 2.28. The third-order valence-corrected chi connectivity index (χ3v) is 2.47. The van der Waals surface area contributed by atoms with Crippen molar-refractivity contribution in [3.8, 4) is 0 Å². The fourth-order valence-corrected chi connectivity index (χ4v) is 1.46. The van der Waals surface area contributed by atoms with Crippen LogP contribution >= 0.6 is 0 Å². The highest BCUT2D eigenvalue weighted by molar-refractivity contribution is 5.62. The predicted octanol–water partition coefficient (Wildman–Crippen LogP) is 4.18. The van der Waals surface area contributed by atoms with Crippen molar-refractivity contribution in [1.82, 2.24) is 0 Å². The van der Waals surface area contributed by atoms with Crippen LogP contribution in [0.4, 0.5) is 9.18 Å². The summed E-state index contributed by atoms with van der Waals surface area (Å²) in [5.74, 6) is -0.404. The lowest BCUT2D eigenvalue weighted by atomic mass is 9.96. The average Bonchev–Trinajstić information content (AvgIpc) is 2.26. The van der Waals surface area contributed by atoms with Crippen molar-refractivity contribution in [2.75, 3.05) is 0 Å². The minimum Gasteiger partial charge on any atom is -0.429 e. The molecule has 0 heterocycles. The summed E-state index contributed by atoms with van der Waals surface area (Å²) in [6.45, 7) is 10.5. The first kappa shape index (κ1) is 15.2. The van der Waals surface area contributed by atoms with E-state index in [1.807, 2.05) is 0 Å². The first-order chi connectivity index (χ1) is 8.66. The summed E-state index contributed by atoms with van der Waals surface area (Å²) in [5, 5.41) is 0. The van der Waals surface area contributed by atoms with E-state index >= 15 is 0 Å². The molecule has 0 spiro atoms. The van der Waals surface area contributed by atoms with Gasteiger partial charge < -0.3 is 9.47 Å². The number of carbonyl (C=O) groups excluding carboxylic acids is 1. The summed E-state index contributed by atoms with van der Waals surface area (Å²) in [7, 11) is 0. The lowest BCUT2D eigenvalue weighted by Crippen LogP contribution is -2.32. The molecule has 0 N–H and O–H groups in total. The Morgan fingerprint density at radius 2 is 1.89 bits per heavy atom. The maximum absolute atomic E-state index is 13.2. The Balaban J connectivity index is 2.93. The van der Waals surface area contributed by atoms with Gasteiger partial charge in [-0.15, -0.1) is 0 Å². The molecule has 0 aliphatic rings. The molecular formula is C15H19FO3. The smallest absolute Gasteiger partial charge is 0.429 e. The van der Waals surface area contributed by atoms with Crippen LogP contribution in [0.25, 0.3) is 0 Å². The van der Waals surface area contributed by atoms with Gasteiger partial charge in [0.05, 0.1) is 0 Å². The van der Waals surface area contributed by atoms with Crippen LogP contribution < -0.4 is 0 Å². The summed E-state index contributed by atoms with van der Waals surface area (Å²) in [4.78, 5) is 11.7. The van der Waals surface area contributed by atoms with Gasteiger partial charge in [0.25, 0.3) is 0 Å². The molecular weight excluding hydrogens is 247 g/mol. The molecule has 0 aromatic heterocycles. The van der Waals surface area contributed by atoms with Gasteiger partial charge in [-0.2, -0.15) is 0 Å². The molecule has 0 saturated heterocycles. The molecule has 0 aliphatic carbocycles. The Morgan fingerprint density at radius 3 is 2.37 bits per heavy atom. The van der Waals surface area contributed by atoms with Crippen LogP contribution in [0, 0.1) is 5.82 Å². The second-order valence-corrected chi connectivity index (χ2v) is 5.39. The zero-order chi connectivity index (χ0) is 14.7. The van der Waals surface area contributed by atoms with E-state index in [0.29, 0.717) is 5.56 Å². The molecule has 4 heteroatoms. The second-order valence-electron chi connectivity index (χ2n) is 5.39. The van der Waals surface area contributed by atoms with Gasteiger partial charge in [0.1, 0.15) is 11.4 Å². The van der Waals surface area contributed by atoms with Crippen molar-refractivity contribution >= 4 is 6.16 Å². The van der Waals surface area contributed by atoms with Crippen LogP contribution in [-0.4, -0.2) is 11.8 Å². The molecule has 0 amide bonds. The molecule has 0 fully saturated rings. The van der Waals surface area contributed by atoms with E-state index in [-0.39, 0.29) is 0 Å². The number of ether oxygens (including phenoxy) is 2. The standard InChI is InChI=1S/C15H19FO3/c1-6-15(5,11-8-7-9-12(16)10-11)19-13(17)18-14(2,3)4/h6-10H,1H2,2-5H3. The van der Waals surface area contributed by atoms with Crippen LogP contribution in [0.1, 0.15) is 33.3 Å². The minimum absolute atomic E-state index is 0.404.